The number of aromatic hydroxyl groups is 1. The third-order valence-electron chi connectivity index (χ3n) is 1.84. The third kappa shape index (κ3) is 3.27. The summed E-state index contributed by atoms with van der Waals surface area (Å²) < 4.78 is 4.69. The molecular formula is C9H10HgNO3. The Morgan fingerprint density at radius 1 is 1.50 bits per heavy atom. The molecule has 0 aliphatic heterocycles. The molecule has 0 saturated carbocycles. The molecule has 1 aromatic rings. The van der Waals surface area contributed by atoms with E-state index in [0.29, 0.717) is 6.42 Å². The van der Waals surface area contributed by atoms with Gasteiger partial charge in [0.1, 0.15) is 0 Å². The zero-order chi connectivity index (χ0) is 10.6. The van der Waals surface area contributed by atoms with Crippen LogP contribution in [0, 0.1) is 0 Å². The summed E-state index contributed by atoms with van der Waals surface area (Å²) in [6.45, 7) is 0. The summed E-state index contributed by atoms with van der Waals surface area (Å²) in [5, 5.41) is 9.03. The second-order valence-electron chi connectivity index (χ2n) is 2.94. The summed E-state index contributed by atoms with van der Waals surface area (Å²) in [5.41, 5.74) is 6.50. The predicted molar refractivity (Wildman–Crippen MR) is 45.9 cm³/mol. The van der Waals surface area contributed by atoms with Crippen LogP contribution in [0.15, 0.2) is 24.3 Å². The van der Waals surface area contributed by atoms with Gasteiger partial charge in [-0.15, -0.1) is 0 Å². The van der Waals surface area contributed by atoms with Crippen LogP contribution in [0.4, 0.5) is 0 Å². The van der Waals surface area contributed by atoms with Gasteiger partial charge in [0.2, 0.25) is 0 Å². The first-order chi connectivity index (χ1) is 6.63. The van der Waals surface area contributed by atoms with Crippen molar-refractivity contribution in [3.05, 3.63) is 29.8 Å². The van der Waals surface area contributed by atoms with Gasteiger partial charge < -0.3 is 0 Å². The summed E-state index contributed by atoms with van der Waals surface area (Å²) in [5.74, 6) is -0.142. The molecule has 0 heterocycles. The normalized spacial score (nSPS) is 12.2. The number of hydrogen-bond donors (Lipinski definition) is 2. The predicted octanol–water partition coefficient (Wildman–Crippen LogP) is 0.267. The van der Waals surface area contributed by atoms with Crippen molar-refractivity contribution in [2.24, 2.45) is 5.73 Å². The fraction of sp³-hybridized carbons (Fsp3) is 0.222. The number of carbonyl (C=O) groups is 1. The number of carbonyl (C=O) groups excluding carboxylic acids is 1. The quantitative estimate of drug-likeness (QED) is 0.738. The van der Waals surface area contributed by atoms with E-state index in [1.807, 2.05) is 0 Å². The molecule has 1 aromatic carbocycles. The van der Waals surface area contributed by atoms with E-state index in [0.717, 1.165) is 5.56 Å². The van der Waals surface area contributed by atoms with E-state index >= 15 is 0 Å². The number of phenolic OH excluding ortho intramolecular Hbond substituents is 1. The molecule has 3 N–H and O–H groups in total. The Morgan fingerprint density at radius 3 is 2.57 bits per heavy atom. The van der Waals surface area contributed by atoms with Crippen LogP contribution in [0.25, 0.3) is 0 Å². The van der Waals surface area contributed by atoms with Crippen LogP contribution in [0.2, 0.25) is 0 Å². The Balaban J connectivity index is 2.60. The van der Waals surface area contributed by atoms with Crippen LogP contribution in [0.3, 0.4) is 0 Å². The Morgan fingerprint density at radius 2 is 2.07 bits per heavy atom. The van der Waals surface area contributed by atoms with Gasteiger partial charge in [-0.3, -0.25) is 0 Å². The average Bonchev–Trinajstić information content (AvgIpc) is 2.20. The molecule has 0 saturated heterocycles. The maximum absolute atomic E-state index is 11.0. The van der Waals surface area contributed by atoms with Gasteiger partial charge in [0.15, 0.2) is 0 Å². The first-order valence-electron chi connectivity index (χ1n) is 4.13. The summed E-state index contributed by atoms with van der Waals surface area (Å²) >= 11 is -0.00854. The van der Waals surface area contributed by atoms with Crippen molar-refractivity contribution >= 4 is 5.97 Å². The molecule has 0 amide bonds. The van der Waals surface area contributed by atoms with E-state index in [-0.39, 0.29) is 38.3 Å². The summed E-state index contributed by atoms with van der Waals surface area (Å²) in [7, 11) is 0. The van der Waals surface area contributed by atoms with Crippen molar-refractivity contribution in [2.75, 3.05) is 0 Å². The molecule has 0 radical (unpaired) electrons. The zero-order valence-electron chi connectivity index (χ0n) is 7.64. The number of nitrogens with two attached hydrogens (primary N) is 1. The summed E-state index contributed by atoms with van der Waals surface area (Å²) in [4.78, 5) is 11.0. The topological polar surface area (TPSA) is 72.5 Å². The second-order valence-corrected chi connectivity index (χ2v) is 4.06. The number of phenols is 1. The minimum atomic E-state index is -0.600. The molecule has 0 bridgehead atoms. The van der Waals surface area contributed by atoms with Crippen LogP contribution in [0.5, 0.6) is 5.75 Å². The molecule has 0 aromatic heterocycles. The van der Waals surface area contributed by atoms with Crippen LogP contribution >= 0.6 is 0 Å². The molecular weight excluding hydrogens is 371 g/mol. The van der Waals surface area contributed by atoms with Crippen molar-refractivity contribution in [2.45, 2.75) is 12.5 Å². The van der Waals surface area contributed by atoms with Gasteiger partial charge in [-0.2, -0.15) is 0 Å². The Hall–Kier alpha value is -0.615. The van der Waals surface area contributed by atoms with E-state index < -0.39 is 6.04 Å². The van der Waals surface area contributed by atoms with Crippen molar-refractivity contribution in [3.8, 4) is 5.75 Å². The molecule has 0 fully saturated rings. The minimum absolute atomic E-state index is 0.00854. The Bertz CT molecular complexity index is 312. The maximum atomic E-state index is 11.0. The van der Waals surface area contributed by atoms with Gasteiger partial charge in [-0.25, -0.2) is 0 Å². The fourth-order valence-electron chi connectivity index (χ4n) is 1.08. The zero-order valence-corrected chi connectivity index (χ0v) is 13.1. The molecule has 4 nitrogen and oxygen atoms in total. The van der Waals surface area contributed by atoms with Gasteiger partial charge in [0.05, 0.1) is 0 Å². The summed E-state index contributed by atoms with van der Waals surface area (Å²) in [6.07, 6.45) is 0.441. The molecule has 0 aliphatic rings. The molecule has 1 rings (SSSR count). The second kappa shape index (κ2) is 5.31. The van der Waals surface area contributed by atoms with Crippen LogP contribution in [-0.4, -0.2) is 17.1 Å². The molecule has 71 valence electrons. The molecule has 5 heteroatoms. The SMILES string of the molecule is N[C@@H](Cc1ccc(O)cc1)C(=O)[O][Hg]. The molecule has 0 unspecified atom stereocenters. The average molecular weight is 381 g/mol. The van der Waals surface area contributed by atoms with E-state index in [1.54, 1.807) is 24.3 Å². The van der Waals surface area contributed by atoms with Crippen molar-refractivity contribution < 1.29 is 39.1 Å². The van der Waals surface area contributed by atoms with Gasteiger partial charge in [0, 0.05) is 0 Å². The number of hydrogen-bond acceptors (Lipinski definition) is 4. The number of rotatable bonds is 3. The van der Waals surface area contributed by atoms with Gasteiger partial charge in [-0.1, -0.05) is 0 Å². The molecule has 0 spiro atoms. The summed E-state index contributed by atoms with van der Waals surface area (Å²) in [6, 6.07) is 6.01. The van der Waals surface area contributed by atoms with Crippen LogP contribution < -0.4 is 5.73 Å². The number of benzene rings is 1. The Labute approximate surface area is 98.7 Å². The molecule has 14 heavy (non-hydrogen) atoms. The van der Waals surface area contributed by atoms with Gasteiger partial charge >= 0.3 is 98.9 Å². The monoisotopic (exact) mass is 382 g/mol. The third-order valence-corrected chi connectivity index (χ3v) is 2.94. The van der Waals surface area contributed by atoms with E-state index in [4.69, 9.17) is 10.8 Å². The van der Waals surface area contributed by atoms with Crippen molar-refractivity contribution in [1.82, 2.24) is 0 Å². The standard InChI is InChI=1S/C9H11NO3.Hg/c10-8(9(12)13)5-6-1-3-7(11)4-2-6;/h1-4,8,11H,5,10H2,(H,12,13);/q;+1/p-1/t8-;/m0./s1. The first-order valence-corrected chi connectivity index (χ1v) is 6.37. The van der Waals surface area contributed by atoms with E-state index in [2.05, 4.69) is 2.64 Å². The van der Waals surface area contributed by atoms with Crippen molar-refractivity contribution in [1.29, 1.82) is 0 Å². The fourth-order valence-corrected chi connectivity index (χ4v) is 1.91. The van der Waals surface area contributed by atoms with Crippen LogP contribution in [0.1, 0.15) is 5.56 Å². The van der Waals surface area contributed by atoms with Crippen LogP contribution in [-0.2, 0) is 40.4 Å². The molecule has 1 atom stereocenters. The van der Waals surface area contributed by atoms with Crippen molar-refractivity contribution in [3.63, 3.8) is 0 Å². The van der Waals surface area contributed by atoms with Gasteiger partial charge in [0.25, 0.3) is 0 Å². The molecule has 0 aliphatic carbocycles. The Kier molecular flexibility index (Phi) is 4.35. The van der Waals surface area contributed by atoms with Gasteiger partial charge in [-0.05, 0) is 0 Å². The first kappa shape index (κ1) is 11.5. The van der Waals surface area contributed by atoms with E-state index in [9.17, 15) is 4.79 Å². The van der Waals surface area contributed by atoms with E-state index in [1.165, 1.54) is 0 Å².